The van der Waals surface area contributed by atoms with Crippen LogP contribution in [0.2, 0.25) is 0 Å². The van der Waals surface area contributed by atoms with E-state index in [0.29, 0.717) is 36.6 Å². The molecule has 3 rings (SSSR count). The number of nitrogens with zero attached hydrogens (tertiary/aromatic N) is 4. The number of nitrogens with one attached hydrogen (secondary N) is 1. The summed E-state index contributed by atoms with van der Waals surface area (Å²) in [5.41, 5.74) is 1.96. The molecule has 0 fully saturated rings. The summed E-state index contributed by atoms with van der Waals surface area (Å²) >= 11 is 0. The average Bonchev–Trinajstić information content (AvgIpc) is 2.96. The normalized spacial score (nSPS) is 11.0. The second kappa shape index (κ2) is 6.48. The summed E-state index contributed by atoms with van der Waals surface area (Å²) in [6.45, 7) is 1.58. The lowest BCUT2D eigenvalue weighted by Gasteiger charge is -2.07. The van der Waals surface area contributed by atoms with Gasteiger partial charge in [-0.3, -0.25) is 0 Å². The summed E-state index contributed by atoms with van der Waals surface area (Å²) in [4.78, 5) is 12.8. The van der Waals surface area contributed by atoms with Crippen LogP contribution in [0.4, 0.5) is 10.2 Å². The van der Waals surface area contributed by atoms with Crippen LogP contribution >= 0.6 is 0 Å². The number of methoxy groups -OCH3 is 1. The zero-order valence-electron chi connectivity index (χ0n) is 12.2. The van der Waals surface area contributed by atoms with Crippen molar-refractivity contribution in [3.05, 3.63) is 48.3 Å². The minimum atomic E-state index is -0.245. The van der Waals surface area contributed by atoms with Gasteiger partial charge in [0.1, 0.15) is 17.7 Å². The molecule has 6 nitrogen and oxygen atoms in total. The molecule has 0 aliphatic heterocycles. The summed E-state index contributed by atoms with van der Waals surface area (Å²) in [6.07, 6.45) is 3.17. The molecule has 0 radical (unpaired) electrons. The third-order valence-electron chi connectivity index (χ3n) is 3.34. The highest BCUT2D eigenvalue weighted by Gasteiger charge is 2.10. The van der Waals surface area contributed by atoms with Crippen molar-refractivity contribution < 1.29 is 9.13 Å². The number of halogens is 1. The van der Waals surface area contributed by atoms with Gasteiger partial charge in [-0.15, -0.1) is 0 Å². The fraction of sp³-hybridized carbons (Fsp3) is 0.267. The van der Waals surface area contributed by atoms with E-state index in [1.54, 1.807) is 31.6 Å². The summed E-state index contributed by atoms with van der Waals surface area (Å²) < 4.78 is 20.6. The van der Waals surface area contributed by atoms with Crippen LogP contribution in [0.1, 0.15) is 5.56 Å². The van der Waals surface area contributed by atoms with Crippen LogP contribution in [-0.4, -0.2) is 33.2 Å². The Morgan fingerprint density at radius 1 is 1.23 bits per heavy atom. The molecule has 22 heavy (non-hydrogen) atoms. The maximum absolute atomic E-state index is 13.6. The summed E-state index contributed by atoms with van der Waals surface area (Å²) in [5, 5.41) is 3.12. The third kappa shape index (κ3) is 2.89. The van der Waals surface area contributed by atoms with Gasteiger partial charge in [-0.05, 0) is 6.07 Å². The van der Waals surface area contributed by atoms with Gasteiger partial charge in [0, 0.05) is 25.8 Å². The predicted octanol–water partition coefficient (Wildman–Crippen LogP) is 2.22. The van der Waals surface area contributed by atoms with Crippen molar-refractivity contribution in [2.24, 2.45) is 0 Å². The van der Waals surface area contributed by atoms with E-state index < -0.39 is 0 Å². The van der Waals surface area contributed by atoms with E-state index in [0.717, 1.165) is 5.65 Å². The predicted molar refractivity (Wildman–Crippen MR) is 80.9 cm³/mol. The highest BCUT2D eigenvalue weighted by molar-refractivity contribution is 5.82. The molecule has 2 aromatic heterocycles. The van der Waals surface area contributed by atoms with Crippen molar-refractivity contribution in [2.75, 3.05) is 19.0 Å². The molecule has 0 bridgehead atoms. The molecule has 0 atom stereocenters. The molecule has 0 saturated heterocycles. The third-order valence-corrected chi connectivity index (χ3v) is 3.34. The molecule has 0 aliphatic rings. The number of hydrogen-bond donors (Lipinski definition) is 1. The Labute approximate surface area is 127 Å². The Balaban J connectivity index is 1.82. The number of ether oxygens (including phenoxy) is 1. The van der Waals surface area contributed by atoms with Gasteiger partial charge in [-0.1, -0.05) is 18.2 Å². The first-order valence-electron chi connectivity index (χ1n) is 6.91. The smallest absolute Gasteiger partial charge is 0.165 e. The van der Waals surface area contributed by atoms with E-state index in [-0.39, 0.29) is 5.82 Å². The lowest BCUT2D eigenvalue weighted by atomic mass is 10.2. The first-order chi connectivity index (χ1) is 10.8. The average molecular weight is 301 g/mol. The summed E-state index contributed by atoms with van der Waals surface area (Å²) in [6, 6.07) is 6.64. The van der Waals surface area contributed by atoms with Crippen LogP contribution < -0.4 is 5.32 Å². The van der Waals surface area contributed by atoms with Crippen molar-refractivity contribution in [2.45, 2.75) is 13.1 Å². The Kier molecular flexibility index (Phi) is 4.24. The van der Waals surface area contributed by atoms with Crippen LogP contribution in [0.15, 0.2) is 36.9 Å². The van der Waals surface area contributed by atoms with Crippen molar-refractivity contribution >= 4 is 17.0 Å². The zero-order valence-corrected chi connectivity index (χ0v) is 12.2. The first-order valence-corrected chi connectivity index (χ1v) is 6.91. The van der Waals surface area contributed by atoms with Crippen molar-refractivity contribution in [3.63, 3.8) is 0 Å². The molecular formula is C15H16FN5O. The van der Waals surface area contributed by atoms with Crippen molar-refractivity contribution in [3.8, 4) is 0 Å². The van der Waals surface area contributed by atoms with E-state index in [4.69, 9.17) is 4.74 Å². The minimum absolute atomic E-state index is 0.245. The molecule has 2 heterocycles. The number of aromatic nitrogens is 4. The highest BCUT2D eigenvalue weighted by Crippen LogP contribution is 2.18. The lowest BCUT2D eigenvalue weighted by molar-refractivity contribution is 0.188. The van der Waals surface area contributed by atoms with E-state index >= 15 is 0 Å². The minimum Gasteiger partial charge on any atom is -0.383 e. The Morgan fingerprint density at radius 2 is 2.09 bits per heavy atom. The first kappa shape index (κ1) is 14.4. The van der Waals surface area contributed by atoms with Gasteiger partial charge in [0.15, 0.2) is 11.5 Å². The van der Waals surface area contributed by atoms with Gasteiger partial charge in [0.25, 0.3) is 0 Å². The Morgan fingerprint density at radius 3 is 2.91 bits per heavy atom. The lowest BCUT2D eigenvalue weighted by Crippen LogP contribution is -2.06. The summed E-state index contributed by atoms with van der Waals surface area (Å²) in [7, 11) is 1.65. The van der Waals surface area contributed by atoms with Crippen LogP contribution in [-0.2, 0) is 17.8 Å². The Bertz CT molecular complexity index is 773. The molecule has 3 aromatic rings. The molecule has 0 amide bonds. The number of benzene rings is 1. The van der Waals surface area contributed by atoms with E-state index in [1.165, 1.54) is 12.4 Å². The van der Waals surface area contributed by atoms with Gasteiger partial charge in [-0.2, -0.15) is 0 Å². The highest BCUT2D eigenvalue weighted by atomic mass is 19.1. The topological polar surface area (TPSA) is 64.9 Å². The van der Waals surface area contributed by atoms with Crippen molar-refractivity contribution in [1.29, 1.82) is 0 Å². The van der Waals surface area contributed by atoms with Gasteiger partial charge >= 0.3 is 0 Å². The maximum atomic E-state index is 13.6. The molecule has 0 spiro atoms. The van der Waals surface area contributed by atoms with Crippen molar-refractivity contribution in [1.82, 2.24) is 19.5 Å². The van der Waals surface area contributed by atoms with Crippen LogP contribution in [0.25, 0.3) is 11.2 Å². The number of rotatable bonds is 6. The fourth-order valence-corrected chi connectivity index (χ4v) is 2.18. The van der Waals surface area contributed by atoms with E-state index in [9.17, 15) is 4.39 Å². The molecule has 0 unspecified atom stereocenters. The monoisotopic (exact) mass is 301 g/mol. The molecule has 0 aliphatic carbocycles. The number of imidazole rings is 1. The molecular weight excluding hydrogens is 285 g/mol. The van der Waals surface area contributed by atoms with Gasteiger partial charge in [0.2, 0.25) is 0 Å². The molecule has 114 valence electrons. The van der Waals surface area contributed by atoms with E-state index in [1.807, 2.05) is 4.57 Å². The number of hydrogen-bond acceptors (Lipinski definition) is 5. The molecule has 0 saturated carbocycles. The molecule has 1 N–H and O–H groups in total. The van der Waals surface area contributed by atoms with Crippen LogP contribution in [0.3, 0.4) is 0 Å². The molecule has 7 heteroatoms. The number of fused-ring (bicyclic) bond motifs is 1. The quantitative estimate of drug-likeness (QED) is 0.756. The second-order valence-corrected chi connectivity index (χ2v) is 4.77. The molecule has 1 aromatic carbocycles. The fourth-order valence-electron chi connectivity index (χ4n) is 2.18. The van der Waals surface area contributed by atoms with Crippen LogP contribution in [0.5, 0.6) is 0 Å². The van der Waals surface area contributed by atoms with Crippen LogP contribution in [0, 0.1) is 5.82 Å². The largest absolute Gasteiger partial charge is 0.383 e. The van der Waals surface area contributed by atoms with Gasteiger partial charge in [-0.25, -0.2) is 19.3 Å². The van der Waals surface area contributed by atoms with Gasteiger partial charge < -0.3 is 14.6 Å². The van der Waals surface area contributed by atoms with Gasteiger partial charge in [0.05, 0.1) is 12.9 Å². The number of anilines is 1. The standard InChI is InChI=1S/C15H16FN5O/c1-22-7-6-21-10-20-13-14(18-9-19-15(13)21)17-8-11-4-2-3-5-12(11)16/h2-5,9-10H,6-8H2,1H3,(H,17,18,19). The van der Waals surface area contributed by atoms with E-state index in [2.05, 4.69) is 20.3 Å². The zero-order chi connectivity index (χ0) is 15.4. The Hall–Kier alpha value is -2.54. The maximum Gasteiger partial charge on any atom is 0.165 e. The SMILES string of the molecule is COCCn1cnc2c(NCc3ccccc3F)ncnc21. The second-order valence-electron chi connectivity index (χ2n) is 4.77. The summed E-state index contributed by atoms with van der Waals surface area (Å²) in [5.74, 6) is 0.343.